The monoisotopic (exact) mass is 228 g/mol. The fourth-order valence-electron chi connectivity index (χ4n) is 2.07. The van der Waals surface area contributed by atoms with Gasteiger partial charge in [0.1, 0.15) is 0 Å². The summed E-state index contributed by atoms with van der Waals surface area (Å²) in [4.78, 5) is 0. The molecular weight excluding hydrogens is 204 g/mol. The van der Waals surface area contributed by atoms with Crippen molar-refractivity contribution in [2.45, 2.75) is 38.5 Å². The van der Waals surface area contributed by atoms with Gasteiger partial charge in [-0.1, -0.05) is 12.8 Å². The minimum Gasteiger partial charge on any atom is -0.243 e. The van der Waals surface area contributed by atoms with E-state index in [9.17, 15) is 0 Å². The molecule has 2 aliphatic rings. The zero-order valence-corrected chi connectivity index (χ0v) is 9.97. The first-order valence-electron chi connectivity index (χ1n) is 6.49. The van der Waals surface area contributed by atoms with Gasteiger partial charge >= 0.3 is 0 Å². The van der Waals surface area contributed by atoms with Gasteiger partial charge in [0, 0.05) is 26.2 Å². The molecule has 2 saturated heterocycles. The molecule has 0 atom stereocenters. The van der Waals surface area contributed by atoms with Crippen LogP contribution in [0.15, 0.2) is 0 Å². The maximum Gasteiger partial charge on any atom is 0.0318 e. The van der Waals surface area contributed by atoms with Crippen LogP contribution in [0.5, 0.6) is 0 Å². The topological polar surface area (TPSA) is 54.6 Å². The van der Waals surface area contributed by atoms with Gasteiger partial charge in [-0.15, -0.1) is 10.2 Å². The van der Waals surface area contributed by atoms with E-state index in [1.807, 2.05) is 0 Å². The van der Waals surface area contributed by atoms with Crippen molar-refractivity contribution < 1.29 is 0 Å². The Balaban J connectivity index is 1.81. The number of rotatable bonds is 1. The lowest BCUT2D eigenvalue weighted by Gasteiger charge is -2.37. The van der Waals surface area contributed by atoms with Crippen LogP contribution in [0.4, 0.5) is 0 Å². The van der Waals surface area contributed by atoms with E-state index in [-0.39, 0.29) is 0 Å². The summed E-state index contributed by atoms with van der Waals surface area (Å²) in [6.07, 6.45) is 7.59. The maximum atomic E-state index is 3.25. The molecule has 6 heteroatoms. The van der Waals surface area contributed by atoms with Gasteiger partial charge in [0.05, 0.1) is 0 Å². The highest BCUT2D eigenvalue weighted by Gasteiger charge is 2.16. The van der Waals surface area contributed by atoms with Gasteiger partial charge in [-0.25, -0.2) is 10.9 Å². The molecule has 2 heterocycles. The molecule has 0 radical (unpaired) electrons. The molecule has 0 aromatic heterocycles. The average Bonchev–Trinajstić information content (AvgIpc) is 2.18. The van der Waals surface area contributed by atoms with Gasteiger partial charge in [-0.3, -0.25) is 0 Å². The molecule has 4 N–H and O–H groups in total. The Morgan fingerprint density at radius 2 is 1.06 bits per heavy atom. The lowest BCUT2D eigenvalue weighted by Crippen LogP contribution is -2.64. The fraction of sp³-hybridized carbons (Fsp3) is 1.00. The van der Waals surface area contributed by atoms with Crippen molar-refractivity contribution in [1.82, 2.24) is 32.2 Å². The Morgan fingerprint density at radius 1 is 0.562 bits per heavy atom. The van der Waals surface area contributed by atoms with Gasteiger partial charge in [0.2, 0.25) is 0 Å². The van der Waals surface area contributed by atoms with E-state index in [0.717, 1.165) is 26.2 Å². The first-order chi connectivity index (χ1) is 7.97. The molecule has 94 valence electrons. The number of hydrazine groups is 5. The normalized spacial score (nSPS) is 27.8. The van der Waals surface area contributed by atoms with Crippen LogP contribution < -0.4 is 21.9 Å². The summed E-state index contributed by atoms with van der Waals surface area (Å²) in [7, 11) is 0. The lowest BCUT2D eigenvalue weighted by atomic mass is 10.2. The molecule has 0 aliphatic carbocycles. The third-order valence-corrected chi connectivity index (χ3v) is 3.05. The maximum absolute atomic E-state index is 3.25. The largest absolute Gasteiger partial charge is 0.243 e. The third kappa shape index (κ3) is 3.97. The predicted octanol–water partition coefficient (Wildman–Crippen LogP) is -0.108. The summed E-state index contributed by atoms with van der Waals surface area (Å²) in [6.45, 7) is 4.17. The Morgan fingerprint density at radius 3 is 1.56 bits per heavy atom. The summed E-state index contributed by atoms with van der Waals surface area (Å²) >= 11 is 0. The molecular formula is C10H24N6. The van der Waals surface area contributed by atoms with E-state index < -0.39 is 0 Å². The van der Waals surface area contributed by atoms with Gasteiger partial charge in [-0.2, -0.15) is 11.1 Å². The predicted molar refractivity (Wildman–Crippen MR) is 63.4 cm³/mol. The van der Waals surface area contributed by atoms with Crippen molar-refractivity contribution in [3.63, 3.8) is 0 Å². The number of nitrogens with zero attached hydrogens (tertiary/aromatic N) is 2. The standard InChI is InChI=1S/C10H24N6/c1-3-7-11-13-15(9-5-1)16-10-6-2-4-8-12-14-16/h11-14H,1-10H2. The van der Waals surface area contributed by atoms with Crippen LogP contribution in [0.25, 0.3) is 0 Å². The summed E-state index contributed by atoms with van der Waals surface area (Å²) in [5.74, 6) is 0. The molecule has 0 unspecified atom stereocenters. The van der Waals surface area contributed by atoms with Crippen LogP contribution in [-0.4, -0.2) is 36.4 Å². The molecule has 0 aromatic rings. The van der Waals surface area contributed by atoms with Gasteiger partial charge < -0.3 is 0 Å². The summed E-state index contributed by atoms with van der Waals surface area (Å²) in [6, 6.07) is 0. The van der Waals surface area contributed by atoms with Crippen LogP contribution >= 0.6 is 0 Å². The van der Waals surface area contributed by atoms with Crippen molar-refractivity contribution in [2.24, 2.45) is 0 Å². The highest BCUT2D eigenvalue weighted by atomic mass is 16.0. The highest BCUT2D eigenvalue weighted by molar-refractivity contribution is 4.57. The molecule has 2 fully saturated rings. The molecule has 0 amide bonds. The highest BCUT2D eigenvalue weighted by Crippen LogP contribution is 2.04. The van der Waals surface area contributed by atoms with Crippen LogP contribution in [0.1, 0.15) is 38.5 Å². The van der Waals surface area contributed by atoms with Gasteiger partial charge in [0.15, 0.2) is 0 Å². The van der Waals surface area contributed by atoms with E-state index in [1.165, 1.54) is 38.5 Å². The minimum atomic E-state index is 1.04. The van der Waals surface area contributed by atoms with E-state index in [0.29, 0.717) is 0 Å². The van der Waals surface area contributed by atoms with Crippen LogP contribution in [0, 0.1) is 0 Å². The molecule has 0 aromatic carbocycles. The molecule has 16 heavy (non-hydrogen) atoms. The number of hydrogen-bond donors (Lipinski definition) is 4. The Labute approximate surface area is 97.6 Å². The van der Waals surface area contributed by atoms with Crippen LogP contribution in [-0.2, 0) is 0 Å². The fourth-order valence-corrected chi connectivity index (χ4v) is 2.07. The molecule has 2 rings (SSSR count). The average molecular weight is 228 g/mol. The number of hydrogen-bond acceptors (Lipinski definition) is 6. The smallest absolute Gasteiger partial charge is 0.0318 e. The van der Waals surface area contributed by atoms with E-state index in [2.05, 4.69) is 32.2 Å². The molecule has 6 nitrogen and oxygen atoms in total. The minimum absolute atomic E-state index is 1.04. The molecule has 2 aliphatic heterocycles. The Bertz CT molecular complexity index is 152. The van der Waals surface area contributed by atoms with Gasteiger partial charge in [-0.05, 0) is 25.7 Å². The van der Waals surface area contributed by atoms with E-state index >= 15 is 0 Å². The van der Waals surface area contributed by atoms with Crippen LogP contribution in [0.3, 0.4) is 0 Å². The second-order valence-electron chi connectivity index (χ2n) is 4.44. The van der Waals surface area contributed by atoms with Crippen molar-refractivity contribution in [1.29, 1.82) is 0 Å². The second kappa shape index (κ2) is 7.16. The number of nitrogens with one attached hydrogen (secondary N) is 4. The molecule has 0 spiro atoms. The first-order valence-corrected chi connectivity index (χ1v) is 6.49. The van der Waals surface area contributed by atoms with Crippen molar-refractivity contribution in [2.75, 3.05) is 26.2 Å². The zero-order valence-electron chi connectivity index (χ0n) is 9.97. The third-order valence-electron chi connectivity index (χ3n) is 3.05. The van der Waals surface area contributed by atoms with Crippen molar-refractivity contribution in [3.8, 4) is 0 Å². The first kappa shape index (κ1) is 12.2. The van der Waals surface area contributed by atoms with Crippen molar-refractivity contribution in [3.05, 3.63) is 0 Å². The SMILES string of the molecule is C1CCNNN(N2CCCCCNN2)CC1. The van der Waals surface area contributed by atoms with E-state index in [4.69, 9.17) is 0 Å². The quantitative estimate of drug-likeness (QED) is 0.502. The Kier molecular flexibility index (Phi) is 5.47. The lowest BCUT2D eigenvalue weighted by molar-refractivity contribution is -0.138. The van der Waals surface area contributed by atoms with Crippen molar-refractivity contribution >= 4 is 0 Å². The zero-order chi connectivity index (χ0) is 11.1. The molecule has 0 bridgehead atoms. The summed E-state index contributed by atoms with van der Waals surface area (Å²) in [5, 5.41) is 4.27. The second-order valence-corrected chi connectivity index (χ2v) is 4.44. The summed E-state index contributed by atoms with van der Waals surface area (Å²) < 4.78 is 0. The molecule has 0 saturated carbocycles. The van der Waals surface area contributed by atoms with Crippen LogP contribution in [0.2, 0.25) is 0 Å². The Hall–Kier alpha value is -0.240. The summed E-state index contributed by atoms with van der Waals surface area (Å²) in [5.41, 5.74) is 13.0. The van der Waals surface area contributed by atoms with E-state index in [1.54, 1.807) is 0 Å². The van der Waals surface area contributed by atoms with Gasteiger partial charge in [0.25, 0.3) is 0 Å².